The second-order valence-corrected chi connectivity index (χ2v) is 8.48. The van der Waals surface area contributed by atoms with E-state index in [1.807, 2.05) is 29.6 Å². The maximum atomic E-state index is 12.9. The Bertz CT molecular complexity index is 1390. The van der Waals surface area contributed by atoms with E-state index in [-0.39, 0.29) is 5.91 Å². The summed E-state index contributed by atoms with van der Waals surface area (Å²) in [5.41, 5.74) is 2.60. The molecule has 10 heteroatoms. The third-order valence-electron chi connectivity index (χ3n) is 4.65. The molecule has 7 nitrogen and oxygen atoms in total. The molecule has 1 aromatic carbocycles. The Labute approximate surface area is 190 Å². The van der Waals surface area contributed by atoms with E-state index in [1.165, 1.54) is 6.20 Å². The van der Waals surface area contributed by atoms with Gasteiger partial charge >= 0.3 is 0 Å². The number of benzene rings is 1. The minimum absolute atomic E-state index is 0.333. The van der Waals surface area contributed by atoms with Crippen LogP contribution >= 0.6 is 34.5 Å². The first kappa shape index (κ1) is 19.7. The van der Waals surface area contributed by atoms with Crippen LogP contribution in [-0.2, 0) is 6.54 Å². The molecule has 154 valence electrons. The quantitative estimate of drug-likeness (QED) is 0.381. The molecule has 0 aliphatic heterocycles. The topological polar surface area (TPSA) is 77.1 Å². The summed E-state index contributed by atoms with van der Waals surface area (Å²) >= 11 is 13.8. The van der Waals surface area contributed by atoms with Gasteiger partial charge in [-0.15, -0.1) is 11.3 Å². The number of carbonyl (C=O) groups is 1. The molecule has 0 bridgehead atoms. The fourth-order valence-electron chi connectivity index (χ4n) is 3.19. The van der Waals surface area contributed by atoms with Crippen molar-refractivity contribution in [2.75, 3.05) is 5.32 Å². The Morgan fingerprint density at radius 1 is 1.16 bits per heavy atom. The molecule has 4 aromatic heterocycles. The van der Waals surface area contributed by atoms with E-state index in [1.54, 1.807) is 51.1 Å². The molecule has 5 aromatic rings. The minimum Gasteiger partial charge on any atom is -0.305 e. The second kappa shape index (κ2) is 8.14. The first-order valence-corrected chi connectivity index (χ1v) is 10.9. The summed E-state index contributed by atoms with van der Waals surface area (Å²) in [6.45, 7) is 0.453. The van der Waals surface area contributed by atoms with Crippen molar-refractivity contribution in [1.82, 2.24) is 24.4 Å². The lowest BCUT2D eigenvalue weighted by molar-refractivity contribution is 0.102. The SMILES string of the molecule is O=C(Nc1ccn(Cc2ccc(Cl)cc2Cl)n1)c1cnn2c(-c3cccs3)ccnc12. The molecule has 0 fully saturated rings. The number of fused-ring (bicyclic) bond motifs is 1. The number of hydrogen-bond donors (Lipinski definition) is 1. The van der Waals surface area contributed by atoms with E-state index in [9.17, 15) is 4.79 Å². The molecular formula is C21H14Cl2N6OS. The summed E-state index contributed by atoms with van der Waals surface area (Å²) in [6, 6.07) is 12.9. The molecule has 0 saturated heterocycles. The highest BCUT2D eigenvalue weighted by molar-refractivity contribution is 7.13. The smallest absolute Gasteiger partial charge is 0.262 e. The first-order chi connectivity index (χ1) is 15.1. The van der Waals surface area contributed by atoms with Crippen molar-refractivity contribution in [3.05, 3.63) is 87.6 Å². The van der Waals surface area contributed by atoms with Gasteiger partial charge in [0.05, 0.1) is 23.3 Å². The number of aromatic nitrogens is 5. The first-order valence-electron chi connectivity index (χ1n) is 9.24. The Kier molecular flexibility index (Phi) is 5.19. The maximum Gasteiger partial charge on any atom is 0.262 e. The van der Waals surface area contributed by atoms with Gasteiger partial charge in [0.1, 0.15) is 5.56 Å². The number of rotatable bonds is 5. The molecule has 0 aliphatic rings. The van der Waals surface area contributed by atoms with Crippen molar-refractivity contribution in [3.63, 3.8) is 0 Å². The predicted molar refractivity (Wildman–Crippen MR) is 122 cm³/mol. The molecule has 1 N–H and O–H groups in total. The summed E-state index contributed by atoms with van der Waals surface area (Å²) in [5, 5.41) is 14.7. The minimum atomic E-state index is -0.333. The lowest BCUT2D eigenvalue weighted by Gasteiger charge is -2.05. The van der Waals surface area contributed by atoms with E-state index in [4.69, 9.17) is 23.2 Å². The van der Waals surface area contributed by atoms with Gasteiger partial charge in [0.25, 0.3) is 5.91 Å². The lowest BCUT2D eigenvalue weighted by Crippen LogP contribution is -2.13. The zero-order chi connectivity index (χ0) is 21.4. The summed E-state index contributed by atoms with van der Waals surface area (Å²) < 4.78 is 3.36. The third-order valence-corrected chi connectivity index (χ3v) is 6.13. The van der Waals surface area contributed by atoms with Crippen molar-refractivity contribution in [2.45, 2.75) is 6.54 Å². The Morgan fingerprint density at radius 2 is 2.06 bits per heavy atom. The van der Waals surface area contributed by atoms with Gasteiger partial charge in [0.15, 0.2) is 11.5 Å². The number of hydrogen-bond acceptors (Lipinski definition) is 5. The van der Waals surface area contributed by atoms with Crippen LogP contribution < -0.4 is 5.32 Å². The number of nitrogens with zero attached hydrogens (tertiary/aromatic N) is 5. The van der Waals surface area contributed by atoms with E-state index >= 15 is 0 Å². The van der Waals surface area contributed by atoms with Crippen molar-refractivity contribution < 1.29 is 4.79 Å². The molecule has 0 radical (unpaired) electrons. The molecule has 0 saturated carbocycles. The number of carbonyl (C=O) groups excluding carboxylic acids is 1. The highest BCUT2D eigenvalue weighted by Gasteiger charge is 2.17. The van der Waals surface area contributed by atoms with Gasteiger partial charge in [-0.2, -0.15) is 10.2 Å². The van der Waals surface area contributed by atoms with E-state index in [2.05, 4.69) is 20.5 Å². The van der Waals surface area contributed by atoms with Crippen LogP contribution in [0.25, 0.3) is 16.2 Å². The molecule has 0 unspecified atom stereocenters. The Morgan fingerprint density at radius 3 is 2.87 bits per heavy atom. The summed E-state index contributed by atoms with van der Waals surface area (Å²) in [6.07, 6.45) is 4.95. The third kappa shape index (κ3) is 3.93. The molecule has 0 atom stereocenters. The average Bonchev–Trinajstić information content (AvgIpc) is 3.50. The van der Waals surface area contributed by atoms with Crippen LogP contribution in [0.3, 0.4) is 0 Å². The number of anilines is 1. The van der Waals surface area contributed by atoms with Gasteiger partial charge in [0.2, 0.25) is 0 Å². The van der Waals surface area contributed by atoms with Crippen molar-refractivity contribution in [3.8, 4) is 10.6 Å². The summed E-state index contributed by atoms with van der Waals surface area (Å²) in [7, 11) is 0. The molecule has 31 heavy (non-hydrogen) atoms. The Hall–Kier alpha value is -3.20. The van der Waals surface area contributed by atoms with Crippen LogP contribution in [-0.4, -0.2) is 30.3 Å². The van der Waals surface area contributed by atoms with Crippen LogP contribution in [0.15, 0.2) is 66.4 Å². The van der Waals surface area contributed by atoms with Crippen LogP contribution in [0.5, 0.6) is 0 Å². The zero-order valence-corrected chi connectivity index (χ0v) is 18.2. The summed E-state index contributed by atoms with van der Waals surface area (Å²) in [4.78, 5) is 18.2. The van der Waals surface area contributed by atoms with Gasteiger partial charge in [-0.05, 0) is 35.2 Å². The number of thiophene rings is 1. The molecular weight excluding hydrogens is 455 g/mol. The van der Waals surface area contributed by atoms with Crippen molar-refractivity contribution in [1.29, 1.82) is 0 Å². The van der Waals surface area contributed by atoms with E-state index in [0.29, 0.717) is 33.6 Å². The summed E-state index contributed by atoms with van der Waals surface area (Å²) in [5.74, 6) is 0.0875. The van der Waals surface area contributed by atoms with E-state index < -0.39 is 0 Å². The zero-order valence-electron chi connectivity index (χ0n) is 15.9. The predicted octanol–water partition coefficient (Wildman–Crippen LogP) is 5.26. The fourth-order valence-corrected chi connectivity index (χ4v) is 4.39. The highest BCUT2D eigenvalue weighted by atomic mass is 35.5. The van der Waals surface area contributed by atoms with E-state index in [0.717, 1.165) is 16.1 Å². The highest BCUT2D eigenvalue weighted by Crippen LogP contribution is 2.26. The van der Waals surface area contributed by atoms with Crippen LogP contribution in [0, 0.1) is 0 Å². The largest absolute Gasteiger partial charge is 0.305 e. The molecule has 0 spiro atoms. The molecule has 5 rings (SSSR count). The van der Waals surface area contributed by atoms with Crippen molar-refractivity contribution >= 4 is 51.9 Å². The normalized spacial score (nSPS) is 11.2. The monoisotopic (exact) mass is 468 g/mol. The van der Waals surface area contributed by atoms with Gasteiger partial charge < -0.3 is 5.32 Å². The standard InChI is InChI=1S/C21H14Cl2N6OS/c22-14-4-3-13(16(23)10-14)12-28-8-6-19(27-28)26-21(30)15-11-25-29-17(5-7-24-20(15)29)18-2-1-9-31-18/h1-11H,12H2,(H,26,27,30). The van der Waals surface area contributed by atoms with Gasteiger partial charge in [-0.1, -0.05) is 35.3 Å². The Balaban J connectivity index is 1.36. The molecule has 1 amide bonds. The second-order valence-electron chi connectivity index (χ2n) is 6.69. The number of amides is 1. The van der Waals surface area contributed by atoms with Crippen molar-refractivity contribution in [2.24, 2.45) is 0 Å². The van der Waals surface area contributed by atoms with Crippen LogP contribution in [0.1, 0.15) is 15.9 Å². The molecule has 0 aliphatic carbocycles. The average molecular weight is 469 g/mol. The lowest BCUT2D eigenvalue weighted by atomic mass is 10.2. The van der Waals surface area contributed by atoms with Crippen LogP contribution in [0.2, 0.25) is 10.0 Å². The van der Waals surface area contributed by atoms with Gasteiger partial charge in [0, 0.05) is 28.5 Å². The number of halogens is 2. The molecule has 4 heterocycles. The van der Waals surface area contributed by atoms with Crippen LogP contribution in [0.4, 0.5) is 5.82 Å². The fraction of sp³-hybridized carbons (Fsp3) is 0.0476. The van der Waals surface area contributed by atoms with Gasteiger partial charge in [-0.3, -0.25) is 9.48 Å². The van der Waals surface area contributed by atoms with Gasteiger partial charge in [-0.25, -0.2) is 9.50 Å². The maximum absolute atomic E-state index is 12.9. The number of nitrogens with one attached hydrogen (secondary N) is 1.